The number of carbonyl (C=O) groups is 1. The van der Waals surface area contributed by atoms with Gasteiger partial charge in [0.15, 0.2) is 0 Å². The van der Waals surface area contributed by atoms with E-state index in [9.17, 15) is 4.79 Å². The zero-order valence-corrected chi connectivity index (χ0v) is 8.01. The molecule has 1 rings (SSSR count). The summed E-state index contributed by atoms with van der Waals surface area (Å²) < 4.78 is 0. The number of rotatable bonds is 1. The van der Waals surface area contributed by atoms with Gasteiger partial charge in [-0.1, -0.05) is 17.9 Å². The number of hydrogen-bond acceptors (Lipinski definition) is 2. The maximum Gasteiger partial charge on any atom is 0.337 e. The minimum atomic E-state index is -1.05. The van der Waals surface area contributed by atoms with Gasteiger partial charge in [-0.2, -0.15) is 0 Å². The normalized spacial score (nSPS) is 8.93. The molecule has 14 heavy (non-hydrogen) atoms. The molecule has 3 N–H and O–H groups in total. The summed E-state index contributed by atoms with van der Waals surface area (Å²) in [4.78, 5) is 10.8. The lowest BCUT2D eigenvalue weighted by molar-refractivity contribution is 0.0696. The summed E-state index contributed by atoms with van der Waals surface area (Å²) in [7, 11) is 0. The molecule has 0 bridgehead atoms. The average molecular weight is 210 g/mol. The number of benzene rings is 1. The summed E-state index contributed by atoms with van der Waals surface area (Å²) in [6, 6.07) is 4.63. The third kappa shape index (κ3) is 2.18. The zero-order valence-electron chi connectivity index (χ0n) is 7.25. The van der Waals surface area contributed by atoms with Crippen molar-refractivity contribution in [2.75, 3.05) is 11.6 Å². The second-order valence-electron chi connectivity index (χ2n) is 2.51. The molecule has 0 saturated carbocycles. The van der Waals surface area contributed by atoms with Crippen LogP contribution in [0.25, 0.3) is 0 Å². The molecule has 0 aliphatic carbocycles. The molecule has 4 heteroatoms. The van der Waals surface area contributed by atoms with E-state index in [1.165, 1.54) is 6.07 Å². The number of anilines is 1. The fourth-order valence-corrected chi connectivity index (χ4v) is 1.08. The van der Waals surface area contributed by atoms with Crippen LogP contribution >= 0.6 is 11.6 Å². The zero-order chi connectivity index (χ0) is 10.6. The Kier molecular flexibility index (Phi) is 3.38. The molecule has 1 aromatic carbocycles. The van der Waals surface area contributed by atoms with Crippen LogP contribution in [0, 0.1) is 11.8 Å². The number of hydrogen-bond donors (Lipinski definition) is 2. The van der Waals surface area contributed by atoms with Crippen molar-refractivity contribution in [3.8, 4) is 11.8 Å². The van der Waals surface area contributed by atoms with E-state index in [1.807, 2.05) is 0 Å². The summed E-state index contributed by atoms with van der Waals surface area (Å²) in [5.41, 5.74) is 6.36. The van der Waals surface area contributed by atoms with Crippen molar-refractivity contribution in [3.63, 3.8) is 0 Å². The summed E-state index contributed by atoms with van der Waals surface area (Å²) in [5.74, 6) is 4.30. The Labute approximate surface area is 86.5 Å². The number of alkyl halides is 1. The number of aromatic carboxylic acids is 1. The van der Waals surface area contributed by atoms with E-state index < -0.39 is 5.97 Å². The highest BCUT2D eigenvalue weighted by Crippen LogP contribution is 2.15. The Morgan fingerprint density at radius 3 is 2.86 bits per heavy atom. The van der Waals surface area contributed by atoms with E-state index in [-0.39, 0.29) is 11.4 Å². The van der Waals surface area contributed by atoms with E-state index in [2.05, 4.69) is 11.8 Å². The molecule has 0 aliphatic rings. The van der Waals surface area contributed by atoms with Crippen molar-refractivity contribution < 1.29 is 9.90 Å². The number of nitrogens with two attached hydrogens (primary N) is 1. The van der Waals surface area contributed by atoms with E-state index in [4.69, 9.17) is 22.4 Å². The molecule has 0 heterocycles. The molecular formula is C10H8ClNO2. The summed E-state index contributed by atoms with van der Waals surface area (Å²) in [6.45, 7) is 0. The van der Waals surface area contributed by atoms with E-state index in [1.54, 1.807) is 12.1 Å². The minimum Gasteiger partial charge on any atom is -0.478 e. The third-order valence-electron chi connectivity index (χ3n) is 1.61. The fraction of sp³-hybridized carbons (Fsp3) is 0.100. The predicted octanol–water partition coefficient (Wildman–Crippen LogP) is 1.56. The van der Waals surface area contributed by atoms with Gasteiger partial charge >= 0.3 is 5.97 Å². The standard InChI is InChI=1S/C10H8ClNO2/c11-6-2-4-7-8(10(13)14)3-1-5-9(7)12/h1,3,5H,6,12H2,(H,13,14). The van der Waals surface area contributed by atoms with Crippen molar-refractivity contribution in [3.05, 3.63) is 29.3 Å². The molecule has 0 aromatic heterocycles. The summed E-state index contributed by atoms with van der Waals surface area (Å²) >= 11 is 5.37. The first-order valence-electron chi connectivity index (χ1n) is 3.83. The Hall–Kier alpha value is -1.66. The van der Waals surface area contributed by atoms with Gasteiger partial charge in [-0.25, -0.2) is 4.79 Å². The molecule has 0 spiro atoms. The van der Waals surface area contributed by atoms with Gasteiger partial charge in [0.2, 0.25) is 0 Å². The molecule has 0 amide bonds. The number of carboxylic acid groups (broad SMARTS) is 1. The van der Waals surface area contributed by atoms with Crippen LogP contribution in [-0.2, 0) is 0 Å². The number of carboxylic acids is 1. The highest BCUT2D eigenvalue weighted by atomic mass is 35.5. The van der Waals surface area contributed by atoms with E-state index in [0.717, 1.165) is 0 Å². The van der Waals surface area contributed by atoms with Crippen molar-refractivity contribution >= 4 is 23.3 Å². The van der Waals surface area contributed by atoms with Crippen molar-refractivity contribution in [2.45, 2.75) is 0 Å². The van der Waals surface area contributed by atoms with Crippen molar-refractivity contribution in [2.24, 2.45) is 0 Å². The first-order valence-corrected chi connectivity index (χ1v) is 4.37. The highest BCUT2D eigenvalue weighted by Gasteiger charge is 2.09. The molecule has 0 saturated heterocycles. The van der Waals surface area contributed by atoms with Crippen LogP contribution in [0.5, 0.6) is 0 Å². The predicted molar refractivity (Wildman–Crippen MR) is 55.4 cm³/mol. The van der Waals surface area contributed by atoms with E-state index >= 15 is 0 Å². The molecule has 72 valence electrons. The van der Waals surface area contributed by atoms with E-state index in [0.29, 0.717) is 11.3 Å². The van der Waals surface area contributed by atoms with Crippen LogP contribution in [-0.4, -0.2) is 17.0 Å². The topological polar surface area (TPSA) is 63.3 Å². The van der Waals surface area contributed by atoms with Crippen LogP contribution in [0.2, 0.25) is 0 Å². The van der Waals surface area contributed by atoms with Crippen molar-refractivity contribution in [1.82, 2.24) is 0 Å². The molecule has 0 fully saturated rings. The van der Waals surface area contributed by atoms with Gasteiger partial charge in [0.05, 0.1) is 17.0 Å². The lowest BCUT2D eigenvalue weighted by atomic mass is 10.1. The SMILES string of the molecule is Nc1cccc(C(=O)O)c1C#CCCl. The average Bonchev–Trinajstić information content (AvgIpc) is 2.15. The minimum absolute atomic E-state index is 0.0996. The third-order valence-corrected chi connectivity index (χ3v) is 1.74. The Bertz CT molecular complexity index is 418. The Morgan fingerprint density at radius 1 is 1.57 bits per heavy atom. The van der Waals surface area contributed by atoms with Gasteiger partial charge in [0.25, 0.3) is 0 Å². The molecule has 3 nitrogen and oxygen atoms in total. The summed E-state index contributed by atoms with van der Waals surface area (Å²) in [6.07, 6.45) is 0. The molecule has 0 aliphatic heterocycles. The monoisotopic (exact) mass is 209 g/mol. The van der Waals surface area contributed by atoms with Crippen LogP contribution in [0.15, 0.2) is 18.2 Å². The molecule has 0 unspecified atom stereocenters. The van der Waals surface area contributed by atoms with Gasteiger partial charge in [0, 0.05) is 5.69 Å². The molecule has 0 atom stereocenters. The fourth-order valence-electron chi connectivity index (χ4n) is 1.01. The lowest BCUT2D eigenvalue weighted by Crippen LogP contribution is -2.03. The van der Waals surface area contributed by atoms with Gasteiger partial charge < -0.3 is 10.8 Å². The second kappa shape index (κ2) is 4.54. The maximum absolute atomic E-state index is 10.8. The highest BCUT2D eigenvalue weighted by molar-refractivity contribution is 6.19. The maximum atomic E-state index is 10.8. The number of nitrogen functional groups attached to an aromatic ring is 1. The van der Waals surface area contributed by atoms with Gasteiger partial charge in [-0.15, -0.1) is 11.6 Å². The van der Waals surface area contributed by atoms with Gasteiger partial charge in [0.1, 0.15) is 0 Å². The van der Waals surface area contributed by atoms with Crippen LogP contribution in [0.4, 0.5) is 5.69 Å². The quantitative estimate of drug-likeness (QED) is 0.419. The second-order valence-corrected chi connectivity index (χ2v) is 2.78. The van der Waals surface area contributed by atoms with Crippen LogP contribution < -0.4 is 5.73 Å². The largest absolute Gasteiger partial charge is 0.478 e. The number of halogens is 1. The molecular weight excluding hydrogens is 202 g/mol. The van der Waals surface area contributed by atoms with Crippen LogP contribution in [0.3, 0.4) is 0 Å². The lowest BCUT2D eigenvalue weighted by Gasteiger charge is -2.01. The Balaban J connectivity index is 3.29. The molecule has 0 radical (unpaired) electrons. The molecule has 1 aromatic rings. The summed E-state index contributed by atoms with van der Waals surface area (Å²) in [5, 5.41) is 8.83. The van der Waals surface area contributed by atoms with Gasteiger partial charge in [-0.05, 0) is 12.1 Å². The van der Waals surface area contributed by atoms with Crippen LogP contribution in [0.1, 0.15) is 15.9 Å². The van der Waals surface area contributed by atoms with Gasteiger partial charge in [-0.3, -0.25) is 0 Å². The van der Waals surface area contributed by atoms with Crippen molar-refractivity contribution in [1.29, 1.82) is 0 Å². The first-order chi connectivity index (χ1) is 6.66. The Morgan fingerprint density at radius 2 is 2.29 bits per heavy atom. The first kappa shape index (κ1) is 10.4. The smallest absolute Gasteiger partial charge is 0.337 e.